The largest absolute Gasteiger partial charge is 0.497 e. The maximum absolute atomic E-state index is 10.9. The van der Waals surface area contributed by atoms with Crippen LogP contribution in [-0.2, 0) is 4.79 Å². The molecule has 3 heteroatoms. The first-order valence-electron chi connectivity index (χ1n) is 4.30. The Morgan fingerprint density at radius 1 is 1.50 bits per heavy atom. The Morgan fingerprint density at radius 3 is 2.93 bits per heavy atom. The van der Waals surface area contributed by atoms with Gasteiger partial charge in [0, 0.05) is 13.1 Å². The average molecular weight is 191 g/mol. The maximum Gasteiger partial charge on any atom is 0.243 e. The molecule has 0 aliphatic heterocycles. The molecular formula is C11H13NO2. The molecule has 74 valence electrons. The number of amides is 1. The molecule has 0 saturated heterocycles. The lowest BCUT2D eigenvalue weighted by Crippen LogP contribution is -2.13. The Balaban J connectivity index is 2.76. The Labute approximate surface area is 83.4 Å². The van der Waals surface area contributed by atoms with E-state index in [1.807, 2.05) is 24.3 Å². The molecule has 0 unspecified atom stereocenters. The molecule has 0 spiro atoms. The van der Waals surface area contributed by atoms with Crippen molar-refractivity contribution in [2.24, 2.45) is 0 Å². The smallest absolute Gasteiger partial charge is 0.243 e. The molecule has 0 aliphatic rings. The highest BCUT2D eigenvalue weighted by molar-refractivity contribution is 5.91. The lowest BCUT2D eigenvalue weighted by molar-refractivity contribution is -0.115. The minimum atomic E-state index is -0.118. The van der Waals surface area contributed by atoms with Crippen LogP contribution in [0.3, 0.4) is 0 Å². The monoisotopic (exact) mass is 191 g/mol. The van der Waals surface area contributed by atoms with E-state index in [-0.39, 0.29) is 5.91 Å². The van der Waals surface area contributed by atoms with E-state index in [1.54, 1.807) is 20.2 Å². The van der Waals surface area contributed by atoms with Crippen molar-refractivity contribution in [3.8, 4) is 5.75 Å². The molecule has 1 aromatic rings. The van der Waals surface area contributed by atoms with Crippen LogP contribution in [0.1, 0.15) is 5.56 Å². The summed E-state index contributed by atoms with van der Waals surface area (Å²) in [4.78, 5) is 10.9. The highest BCUT2D eigenvalue weighted by atomic mass is 16.5. The van der Waals surface area contributed by atoms with E-state index >= 15 is 0 Å². The molecule has 1 amide bonds. The fourth-order valence-corrected chi connectivity index (χ4v) is 1.00. The number of nitrogens with one attached hydrogen (secondary N) is 1. The first-order chi connectivity index (χ1) is 6.76. The van der Waals surface area contributed by atoms with Crippen LogP contribution in [0.5, 0.6) is 5.75 Å². The molecule has 0 fully saturated rings. The van der Waals surface area contributed by atoms with Crippen LogP contribution in [0, 0.1) is 0 Å². The van der Waals surface area contributed by atoms with E-state index in [2.05, 4.69) is 5.32 Å². The van der Waals surface area contributed by atoms with Crippen molar-refractivity contribution >= 4 is 12.0 Å². The van der Waals surface area contributed by atoms with Gasteiger partial charge in [-0.3, -0.25) is 4.79 Å². The molecule has 0 saturated carbocycles. The van der Waals surface area contributed by atoms with E-state index in [1.165, 1.54) is 6.08 Å². The van der Waals surface area contributed by atoms with E-state index in [9.17, 15) is 4.79 Å². The van der Waals surface area contributed by atoms with Gasteiger partial charge in [0.15, 0.2) is 0 Å². The highest BCUT2D eigenvalue weighted by Gasteiger charge is 1.92. The number of hydrogen-bond acceptors (Lipinski definition) is 2. The number of hydrogen-bond donors (Lipinski definition) is 1. The lowest BCUT2D eigenvalue weighted by Gasteiger charge is -1.99. The molecule has 3 nitrogen and oxygen atoms in total. The van der Waals surface area contributed by atoms with E-state index in [4.69, 9.17) is 4.74 Å². The van der Waals surface area contributed by atoms with Crippen LogP contribution >= 0.6 is 0 Å². The van der Waals surface area contributed by atoms with Crippen molar-refractivity contribution in [3.05, 3.63) is 35.9 Å². The van der Waals surface area contributed by atoms with Crippen molar-refractivity contribution in [1.82, 2.24) is 5.32 Å². The molecule has 1 rings (SSSR count). The molecule has 14 heavy (non-hydrogen) atoms. The van der Waals surface area contributed by atoms with Gasteiger partial charge >= 0.3 is 0 Å². The van der Waals surface area contributed by atoms with Gasteiger partial charge in [-0.15, -0.1) is 0 Å². The minimum absolute atomic E-state index is 0.118. The van der Waals surface area contributed by atoms with Gasteiger partial charge in [-0.2, -0.15) is 0 Å². The average Bonchev–Trinajstić information content (AvgIpc) is 2.26. The Morgan fingerprint density at radius 2 is 2.29 bits per heavy atom. The number of ether oxygens (including phenoxy) is 1. The highest BCUT2D eigenvalue weighted by Crippen LogP contribution is 2.13. The van der Waals surface area contributed by atoms with Gasteiger partial charge in [-0.05, 0) is 23.8 Å². The third kappa shape index (κ3) is 2.94. The topological polar surface area (TPSA) is 38.3 Å². The predicted octanol–water partition coefficient (Wildman–Crippen LogP) is 1.45. The number of likely N-dealkylation sites (N-methyl/N-ethyl adjacent to an activating group) is 1. The number of benzene rings is 1. The molecule has 1 N–H and O–H groups in total. The molecule has 0 radical (unpaired) electrons. The standard InChI is InChI=1S/C11H13NO2/c1-12-11(13)7-6-9-4-3-5-10(8-9)14-2/h3-8H,1-2H3,(H,12,13)/b7-6+. The molecule has 0 bridgehead atoms. The van der Waals surface area contributed by atoms with Crippen molar-refractivity contribution in [3.63, 3.8) is 0 Å². The molecule has 0 heterocycles. The van der Waals surface area contributed by atoms with Gasteiger partial charge in [-0.1, -0.05) is 12.1 Å². The zero-order valence-corrected chi connectivity index (χ0v) is 8.28. The van der Waals surface area contributed by atoms with Gasteiger partial charge in [0.1, 0.15) is 5.75 Å². The van der Waals surface area contributed by atoms with Crippen LogP contribution in [-0.4, -0.2) is 20.1 Å². The van der Waals surface area contributed by atoms with Gasteiger partial charge in [0.25, 0.3) is 0 Å². The van der Waals surface area contributed by atoms with E-state index in [0.717, 1.165) is 11.3 Å². The van der Waals surface area contributed by atoms with Crippen LogP contribution in [0.4, 0.5) is 0 Å². The third-order valence-electron chi connectivity index (χ3n) is 1.77. The van der Waals surface area contributed by atoms with Gasteiger partial charge < -0.3 is 10.1 Å². The van der Waals surface area contributed by atoms with E-state index in [0.29, 0.717) is 0 Å². The maximum atomic E-state index is 10.9. The second-order valence-corrected chi connectivity index (χ2v) is 2.72. The van der Waals surface area contributed by atoms with Crippen LogP contribution in [0.15, 0.2) is 30.3 Å². The minimum Gasteiger partial charge on any atom is -0.497 e. The van der Waals surface area contributed by atoms with Crippen molar-refractivity contribution < 1.29 is 9.53 Å². The first kappa shape index (κ1) is 10.3. The lowest BCUT2D eigenvalue weighted by atomic mass is 10.2. The summed E-state index contributed by atoms with van der Waals surface area (Å²) >= 11 is 0. The Bertz CT molecular complexity index is 345. The van der Waals surface area contributed by atoms with E-state index < -0.39 is 0 Å². The SMILES string of the molecule is CNC(=O)/C=C/c1cccc(OC)c1. The van der Waals surface area contributed by atoms with Gasteiger partial charge in [0.2, 0.25) is 5.91 Å². The summed E-state index contributed by atoms with van der Waals surface area (Å²) in [6, 6.07) is 7.50. The molecule has 0 aromatic heterocycles. The summed E-state index contributed by atoms with van der Waals surface area (Å²) in [6.07, 6.45) is 3.22. The van der Waals surface area contributed by atoms with Crippen molar-refractivity contribution in [2.75, 3.05) is 14.2 Å². The summed E-state index contributed by atoms with van der Waals surface area (Å²) in [5.41, 5.74) is 0.938. The molecular weight excluding hydrogens is 178 g/mol. The number of carbonyl (C=O) groups excluding carboxylic acids is 1. The second kappa shape index (κ2) is 5.07. The van der Waals surface area contributed by atoms with Crippen molar-refractivity contribution in [1.29, 1.82) is 0 Å². The summed E-state index contributed by atoms with van der Waals surface area (Å²) in [7, 11) is 3.21. The number of methoxy groups -OCH3 is 1. The molecule has 1 aromatic carbocycles. The summed E-state index contributed by atoms with van der Waals surface area (Å²) in [5, 5.41) is 2.51. The normalized spacial score (nSPS) is 10.1. The quantitative estimate of drug-likeness (QED) is 0.734. The fraction of sp³-hybridized carbons (Fsp3) is 0.182. The third-order valence-corrected chi connectivity index (χ3v) is 1.77. The first-order valence-corrected chi connectivity index (χ1v) is 4.30. The number of rotatable bonds is 3. The summed E-state index contributed by atoms with van der Waals surface area (Å²) < 4.78 is 5.05. The van der Waals surface area contributed by atoms with Gasteiger partial charge in [-0.25, -0.2) is 0 Å². The molecule has 0 aliphatic carbocycles. The number of carbonyl (C=O) groups is 1. The van der Waals surface area contributed by atoms with Crippen LogP contribution in [0.25, 0.3) is 6.08 Å². The Kier molecular flexibility index (Phi) is 3.73. The Hall–Kier alpha value is -1.77. The molecule has 0 atom stereocenters. The van der Waals surface area contributed by atoms with Gasteiger partial charge in [0.05, 0.1) is 7.11 Å². The fourth-order valence-electron chi connectivity index (χ4n) is 1.00. The van der Waals surface area contributed by atoms with Crippen LogP contribution in [0.2, 0.25) is 0 Å². The second-order valence-electron chi connectivity index (χ2n) is 2.72. The zero-order chi connectivity index (χ0) is 10.4. The zero-order valence-electron chi connectivity index (χ0n) is 8.28. The van der Waals surface area contributed by atoms with Crippen molar-refractivity contribution in [2.45, 2.75) is 0 Å². The summed E-state index contributed by atoms with van der Waals surface area (Å²) in [5.74, 6) is 0.664. The summed E-state index contributed by atoms with van der Waals surface area (Å²) in [6.45, 7) is 0. The van der Waals surface area contributed by atoms with Crippen LogP contribution < -0.4 is 10.1 Å². The predicted molar refractivity (Wildman–Crippen MR) is 56.1 cm³/mol.